The molecule has 1 aromatic rings. The molecule has 0 atom stereocenters. The van der Waals surface area contributed by atoms with Crippen molar-refractivity contribution in [3.8, 4) is 0 Å². The zero-order chi connectivity index (χ0) is 10.2. The number of aryl methyl sites for hydroxylation is 1. The Morgan fingerprint density at radius 1 is 1.29 bits per heavy atom. The third-order valence-electron chi connectivity index (χ3n) is 1.84. The third-order valence-corrected chi connectivity index (χ3v) is 1.84. The maximum Gasteiger partial charge on any atom is 0.328 e. The largest absolute Gasteiger partial charge is 0.328 e. The lowest BCUT2D eigenvalue weighted by atomic mass is 10.1. The predicted octanol–water partition coefficient (Wildman–Crippen LogP) is 1.24. The third kappa shape index (κ3) is 2.34. The van der Waals surface area contributed by atoms with Crippen molar-refractivity contribution in [3.63, 3.8) is 0 Å². The van der Waals surface area contributed by atoms with Gasteiger partial charge in [-0.2, -0.15) is 0 Å². The van der Waals surface area contributed by atoms with Crippen LogP contribution in [0.25, 0.3) is 0 Å². The number of rotatable bonds is 0. The van der Waals surface area contributed by atoms with Gasteiger partial charge in [0.2, 0.25) is 0 Å². The molecule has 0 saturated heterocycles. The van der Waals surface area contributed by atoms with E-state index in [1.807, 2.05) is 20.8 Å². The van der Waals surface area contributed by atoms with Crippen LogP contribution in [0.2, 0.25) is 0 Å². The standard InChI is InChI=1S/C9H14N2O2.CH4/c1-6-5-11(9(2,3)4)8(13)10-7(6)12;/h5H,1-4H3,(H,10,12,13);1H4. The molecule has 0 fully saturated rings. The molecule has 4 nitrogen and oxygen atoms in total. The van der Waals surface area contributed by atoms with Crippen molar-refractivity contribution >= 4 is 0 Å². The van der Waals surface area contributed by atoms with Gasteiger partial charge < -0.3 is 0 Å². The summed E-state index contributed by atoms with van der Waals surface area (Å²) in [6, 6.07) is 0. The van der Waals surface area contributed by atoms with Crippen LogP contribution in [0.1, 0.15) is 33.8 Å². The fourth-order valence-corrected chi connectivity index (χ4v) is 1.07. The Morgan fingerprint density at radius 2 is 1.79 bits per heavy atom. The normalized spacial score (nSPS) is 10.9. The van der Waals surface area contributed by atoms with Crippen molar-refractivity contribution in [1.29, 1.82) is 0 Å². The predicted molar refractivity (Wildman–Crippen MR) is 57.8 cm³/mol. The van der Waals surface area contributed by atoms with Crippen LogP contribution < -0.4 is 11.2 Å². The second-order valence-corrected chi connectivity index (χ2v) is 4.11. The highest BCUT2D eigenvalue weighted by Gasteiger charge is 2.15. The Hall–Kier alpha value is -1.32. The molecule has 1 N–H and O–H groups in total. The van der Waals surface area contributed by atoms with E-state index in [0.29, 0.717) is 5.56 Å². The van der Waals surface area contributed by atoms with E-state index in [2.05, 4.69) is 4.98 Å². The molecule has 80 valence electrons. The molecule has 1 aromatic heterocycles. The number of hydrogen-bond acceptors (Lipinski definition) is 2. The van der Waals surface area contributed by atoms with Crippen LogP contribution in [0.5, 0.6) is 0 Å². The summed E-state index contributed by atoms with van der Waals surface area (Å²) in [6.07, 6.45) is 1.58. The van der Waals surface area contributed by atoms with Gasteiger partial charge in [0.15, 0.2) is 0 Å². The van der Waals surface area contributed by atoms with Crippen LogP contribution in [0, 0.1) is 6.92 Å². The smallest absolute Gasteiger partial charge is 0.295 e. The Morgan fingerprint density at radius 3 is 2.21 bits per heavy atom. The Labute approximate surface area is 83.6 Å². The van der Waals surface area contributed by atoms with Gasteiger partial charge >= 0.3 is 5.69 Å². The van der Waals surface area contributed by atoms with Crippen molar-refractivity contribution in [3.05, 3.63) is 32.6 Å². The second kappa shape index (κ2) is 3.82. The van der Waals surface area contributed by atoms with Gasteiger partial charge in [0.25, 0.3) is 5.56 Å². The van der Waals surface area contributed by atoms with Crippen molar-refractivity contribution in [2.45, 2.75) is 40.7 Å². The Kier molecular flexibility index (Phi) is 3.46. The molecule has 0 spiro atoms. The summed E-state index contributed by atoms with van der Waals surface area (Å²) in [5, 5.41) is 0. The van der Waals surface area contributed by atoms with Crippen LogP contribution in [0.4, 0.5) is 0 Å². The molecule has 0 radical (unpaired) electrons. The lowest BCUT2D eigenvalue weighted by Crippen LogP contribution is -2.39. The van der Waals surface area contributed by atoms with Crippen molar-refractivity contribution in [1.82, 2.24) is 9.55 Å². The monoisotopic (exact) mass is 198 g/mol. The van der Waals surface area contributed by atoms with Gasteiger partial charge in [-0.25, -0.2) is 4.79 Å². The highest BCUT2D eigenvalue weighted by atomic mass is 16.2. The molecule has 0 aromatic carbocycles. The summed E-state index contributed by atoms with van der Waals surface area (Å²) in [6.45, 7) is 7.41. The summed E-state index contributed by atoms with van der Waals surface area (Å²) in [5.74, 6) is 0. The molecule has 0 unspecified atom stereocenters. The number of nitrogens with one attached hydrogen (secondary N) is 1. The van der Waals surface area contributed by atoms with Crippen LogP contribution in [0.15, 0.2) is 15.8 Å². The van der Waals surface area contributed by atoms with E-state index in [4.69, 9.17) is 0 Å². The van der Waals surface area contributed by atoms with Gasteiger partial charge in [0.1, 0.15) is 0 Å². The highest BCUT2D eigenvalue weighted by molar-refractivity contribution is 5.02. The van der Waals surface area contributed by atoms with Crippen molar-refractivity contribution < 1.29 is 0 Å². The average molecular weight is 198 g/mol. The molecule has 0 aliphatic rings. The molecular formula is C10H18N2O2. The zero-order valence-electron chi connectivity index (χ0n) is 8.34. The van der Waals surface area contributed by atoms with Gasteiger partial charge in [-0.05, 0) is 27.7 Å². The number of hydrogen-bond donors (Lipinski definition) is 1. The quantitative estimate of drug-likeness (QED) is 0.681. The van der Waals surface area contributed by atoms with E-state index in [0.717, 1.165) is 0 Å². The van der Waals surface area contributed by atoms with Crippen molar-refractivity contribution in [2.24, 2.45) is 0 Å². The van der Waals surface area contributed by atoms with Crippen LogP contribution in [-0.4, -0.2) is 9.55 Å². The van der Waals surface area contributed by atoms with E-state index in [1.165, 1.54) is 4.57 Å². The molecule has 0 aliphatic carbocycles. The van der Waals surface area contributed by atoms with E-state index < -0.39 is 0 Å². The lowest BCUT2D eigenvalue weighted by Gasteiger charge is -2.21. The SMILES string of the molecule is C.Cc1cn(C(C)(C)C)c(=O)[nH]c1=O. The molecular weight excluding hydrogens is 180 g/mol. The van der Waals surface area contributed by atoms with Crippen LogP contribution >= 0.6 is 0 Å². The fourth-order valence-electron chi connectivity index (χ4n) is 1.07. The minimum atomic E-state index is -0.358. The van der Waals surface area contributed by atoms with Crippen molar-refractivity contribution in [2.75, 3.05) is 0 Å². The van der Waals surface area contributed by atoms with Crippen LogP contribution in [0.3, 0.4) is 0 Å². The summed E-state index contributed by atoms with van der Waals surface area (Å²) >= 11 is 0. The first-order valence-corrected chi connectivity index (χ1v) is 4.15. The Balaban J connectivity index is 0.00000169. The van der Waals surface area contributed by atoms with E-state index in [9.17, 15) is 9.59 Å². The minimum absolute atomic E-state index is 0. The molecule has 0 aliphatic heterocycles. The molecule has 1 heterocycles. The summed E-state index contributed by atoms with van der Waals surface area (Å²) < 4.78 is 1.52. The topological polar surface area (TPSA) is 54.9 Å². The van der Waals surface area contributed by atoms with Gasteiger partial charge in [0.05, 0.1) is 0 Å². The fraction of sp³-hybridized carbons (Fsp3) is 0.600. The molecule has 0 bridgehead atoms. The van der Waals surface area contributed by atoms with Gasteiger partial charge in [-0.3, -0.25) is 14.3 Å². The first-order valence-electron chi connectivity index (χ1n) is 4.15. The molecule has 14 heavy (non-hydrogen) atoms. The van der Waals surface area contributed by atoms with Gasteiger partial charge in [0, 0.05) is 17.3 Å². The van der Waals surface area contributed by atoms with E-state index in [1.54, 1.807) is 13.1 Å². The maximum atomic E-state index is 11.3. The second-order valence-electron chi connectivity index (χ2n) is 4.11. The number of H-pyrrole nitrogens is 1. The highest BCUT2D eigenvalue weighted by Crippen LogP contribution is 2.09. The maximum absolute atomic E-state index is 11.3. The molecule has 0 saturated carbocycles. The summed E-state index contributed by atoms with van der Waals surface area (Å²) in [5.41, 5.74) is -0.422. The van der Waals surface area contributed by atoms with Crippen LogP contribution in [-0.2, 0) is 5.54 Å². The number of aromatic nitrogens is 2. The average Bonchev–Trinajstić information content (AvgIpc) is 1.94. The van der Waals surface area contributed by atoms with E-state index >= 15 is 0 Å². The zero-order valence-corrected chi connectivity index (χ0v) is 8.34. The number of aromatic amines is 1. The number of nitrogens with zero attached hydrogens (tertiary/aromatic N) is 1. The van der Waals surface area contributed by atoms with Gasteiger partial charge in [-0.15, -0.1) is 0 Å². The lowest BCUT2D eigenvalue weighted by molar-refractivity contribution is 0.375. The Bertz CT molecular complexity index is 421. The molecule has 1 rings (SSSR count). The summed E-state index contributed by atoms with van der Waals surface area (Å²) in [7, 11) is 0. The molecule has 0 amide bonds. The van der Waals surface area contributed by atoms with E-state index in [-0.39, 0.29) is 24.2 Å². The van der Waals surface area contributed by atoms with Gasteiger partial charge in [-0.1, -0.05) is 7.43 Å². The minimum Gasteiger partial charge on any atom is -0.295 e. The first kappa shape index (κ1) is 12.7. The first-order chi connectivity index (χ1) is 5.82. The summed E-state index contributed by atoms with van der Waals surface area (Å²) in [4.78, 5) is 24.7. The molecule has 4 heteroatoms.